The molecule has 0 N–H and O–H groups in total. The van der Waals surface area contributed by atoms with Gasteiger partial charge >= 0.3 is 0 Å². The number of hydrogen-bond acceptors (Lipinski definition) is 2. The van der Waals surface area contributed by atoms with E-state index in [0.29, 0.717) is 22.9 Å². The fraction of sp³-hybridized carbons (Fsp3) is 0.533. The molecule has 1 aromatic carbocycles. The van der Waals surface area contributed by atoms with E-state index in [1.807, 2.05) is 12.1 Å². The lowest BCUT2D eigenvalue weighted by atomic mass is 10.0. The molecule has 2 atom stereocenters. The summed E-state index contributed by atoms with van der Waals surface area (Å²) < 4.78 is 7.93. The Labute approximate surface area is 128 Å². The van der Waals surface area contributed by atoms with Crippen LogP contribution in [0.15, 0.2) is 18.2 Å². The minimum atomic E-state index is 0.301. The second-order valence-corrected chi connectivity index (χ2v) is 6.10. The van der Waals surface area contributed by atoms with Gasteiger partial charge in [-0.3, -0.25) is 0 Å². The SMILES string of the molecule is CC1OCCC1Cn1c(CCCl)nc2c(Cl)cccc21. The van der Waals surface area contributed by atoms with Gasteiger partial charge in [-0.15, -0.1) is 11.6 Å². The maximum atomic E-state index is 6.25. The van der Waals surface area contributed by atoms with Crippen LogP contribution >= 0.6 is 23.2 Å². The minimum absolute atomic E-state index is 0.301. The number of fused-ring (bicyclic) bond motifs is 1. The summed E-state index contributed by atoms with van der Waals surface area (Å²) in [5.41, 5.74) is 1.97. The second-order valence-electron chi connectivity index (χ2n) is 5.31. The lowest BCUT2D eigenvalue weighted by molar-refractivity contribution is 0.102. The Bertz CT molecular complexity index is 611. The van der Waals surface area contributed by atoms with Crippen LogP contribution in [0.3, 0.4) is 0 Å². The predicted octanol–water partition coefficient (Wildman–Crippen LogP) is 3.90. The van der Waals surface area contributed by atoms with Gasteiger partial charge < -0.3 is 9.30 Å². The Hall–Kier alpha value is -0.770. The number of imidazole rings is 1. The largest absolute Gasteiger partial charge is 0.378 e. The number of nitrogens with zero attached hydrogens (tertiary/aromatic N) is 2. The van der Waals surface area contributed by atoms with Crippen LogP contribution in [0.1, 0.15) is 19.2 Å². The number of ether oxygens (including phenoxy) is 1. The first-order chi connectivity index (χ1) is 9.70. The van der Waals surface area contributed by atoms with Crippen molar-refractivity contribution >= 4 is 34.2 Å². The van der Waals surface area contributed by atoms with Gasteiger partial charge in [0.1, 0.15) is 11.3 Å². The summed E-state index contributed by atoms with van der Waals surface area (Å²) in [5, 5.41) is 0.702. The van der Waals surface area contributed by atoms with Crippen LogP contribution in [0, 0.1) is 5.92 Å². The van der Waals surface area contributed by atoms with Gasteiger partial charge in [-0.05, 0) is 25.5 Å². The Kier molecular flexibility index (Phi) is 4.20. The second kappa shape index (κ2) is 5.92. The van der Waals surface area contributed by atoms with E-state index in [0.717, 1.165) is 42.9 Å². The summed E-state index contributed by atoms with van der Waals surface area (Å²) in [4.78, 5) is 4.67. The molecule has 1 aromatic heterocycles. The van der Waals surface area contributed by atoms with Crippen molar-refractivity contribution in [2.75, 3.05) is 12.5 Å². The number of alkyl halides is 1. The Balaban J connectivity index is 2.02. The molecule has 2 heterocycles. The highest BCUT2D eigenvalue weighted by molar-refractivity contribution is 6.34. The van der Waals surface area contributed by atoms with E-state index in [4.69, 9.17) is 27.9 Å². The Morgan fingerprint density at radius 3 is 3.00 bits per heavy atom. The molecule has 3 rings (SSSR count). The molecule has 0 amide bonds. The quantitative estimate of drug-likeness (QED) is 0.801. The van der Waals surface area contributed by atoms with Gasteiger partial charge in [0.15, 0.2) is 0 Å². The van der Waals surface area contributed by atoms with Gasteiger partial charge in [-0.1, -0.05) is 17.7 Å². The van der Waals surface area contributed by atoms with Crippen molar-refractivity contribution in [3.05, 3.63) is 29.0 Å². The van der Waals surface area contributed by atoms with Crippen molar-refractivity contribution in [1.29, 1.82) is 0 Å². The van der Waals surface area contributed by atoms with Gasteiger partial charge in [0.05, 0.1) is 16.6 Å². The molecule has 0 saturated carbocycles. The highest BCUT2D eigenvalue weighted by atomic mass is 35.5. The summed E-state index contributed by atoms with van der Waals surface area (Å²) >= 11 is 12.2. The highest BCUT2D eigenvalue weighted by Crippen LogP contribution is 2.28. The van der Waals surface area contributed by atoms with Gasteiger partial charge in [-0.25, -0.2) is 4.98 Å². The number of rotatable bonds is 4. The molecule has 1 saturated heterocycles. The van der Waals surface area contributed by atoms with Crippen molar-refractivity contribution < 1.29 is 4.74 Å². The van der Waals surface area contributed by atoms with E-state index in [1.165, 1.54) is 0 Å². The first kappa shape index (κ1) is 14.2. The van der Waals surface area contributed by atoms with E-state index in [9.17, 15) is 0 Å². The van der Waals surface area contributed by atoms with Crippen LogP contribution < -0.4 is 0 Å². The molecule has 5 heteroatoms. The zero-order valence-electron chi connectivity index (χ0n) is 11.5. The molecule has 20 heavy (non-hydrogen) atoms. The molecular formula is C15H18Cl2N2O. The minimum Gasteiger partial charge on any atom is -0.378 e. The third-order valence-electron chi connectivity index (χ3n) is 4.08. The fourth-order valence-electron chi connectivity index (χ4n) is 2.89. The van der Waals surface area contributed by atoms with Crippen LogP contribution in [-0.2, 0) is 17.7 Å². The standard InChI is InChI=1S/C15H18Cl2N2O/c1-10-11(6-8-20-10)9-19-13-4-2-3-12(17)15(13)18-14(19)5-7-16/h2-4,10-11H,5-9H2,1H3. The van der Waals surface area contributed by atoms with E-state index >= 15 is 0 Å². The first-order valence-electron chi connectivity index (χ1n) is 7.02. The molecule has 3 nitrogen and oxygen atoms in total. The molecule has 0 spiro atoms. The van der Waals surface area contributed by atoms with Gasteiger partial charge in [-0.2, -0.15) is 0 Å². The molecule has 2 aromatic rings. The molecule has 2 unspecified atom stereocenters. The summed E-state index contributed by atoms with van der Waals surface area (Å²) in [6, 6.07) is 5.93. The lowest BCUT2D eigenvalue weighted by Crippen LogP contribution is -2.19. The average Bonchev–Trinajstić information content (AvgIpc) is 2.98. The predicted molar refractivity (Wildman–Crippen MR) is 82.7 cm³/mol. The van der Waals surface area contributed by atoms with Crippen LogP contribution in [0.25, 0.3) is 11.0 Å². The fourth-order valence-corrected chi connectivity index (χ4v) is 3.27. The number of benzene rings is 1. The number of para-hydroxylation sites is 1. The van der Waals surface area contributed by atoms with Crippen LogP contribution in [-0.4, -0.2) is 28.1 Å². The number of aromatic nitrogens is 2. The van der Waals surface area contributed by atoms with E-state index in [2.05, 4.69) is 22.5 Å². The number of halogens is 2. The topological polar surface area (TPSA) is 27.1 Å². The van der Waals surface area contributed by atoms with E-state index < -0.39 is 0 Å². The van der Waals surface area contributed by atoms with Crippen molar-refractivity contribution in [3.63, 3.8) is 0 Å². The van der Waals surface area contributed by atoms with E-state index in [-0.39, 0.29) is 0 Å². The first-order valence-corrected chi connectivity index (χ1v) is 7.93. The summed E-state index contributed by atoms with van der Waals surface area (Å²) in [6.45, 7) is 3.92. The molecular weight excluding hydrogens is 295 g/mol. The highest BCUT2D eigenvalue weighted by Gasteiger charge is 2.26. The maximum Gasteiger partial charge on any atom is 0.111 e. The molecule has 1 fully saturated rings. The van der Waals surface area contributed by atoms with Crippen molar-refractivity contribution in [1.82, 2.24) is 9.55 Å². The van der Waals surface area contributed by atoms with Crippen molar-refractivity contribution in [3.8, 4) is 0 Å². The van der Waals surface area contributed by atoms with Gasteiger partial charge in [0, 0.05) is 31.4 Å². The monoisotopic (exact) mass is 312 g/mol. The van der Waals surface area contributed by atoms with Crippen LogP contribution in [0.5, 0.6) is 0 Å². The Morgan fingerprint density at radius 2 is 2.30 bits per heavy atom. The lowest BCUT2D eigenvalue weighted by Gasteiger charge is -2.17. The van der Waals surface area contributed by atoms with Gasteiger partial charge in [0.2, 0.25) is 0 Å². The number of aryl methyl sites for hydroxylation is 1. The molecule has 1 aliphatic rings. The molecule has 0 radical (unpaired) electrons. The van der Waals surface area contributed by atoms with E-state index in [1.54, 1.807) is 0 Å². The van der Waals surface area contributed by atoms with Crippen molar-refractivity contribution in [2.45, 2.75) is 32.4 Å². The number of hydrogen-bond donors (Lipinski definition) is 0. The zero-order valence-corrected chi connectivity index (χ0v) is 13.0. The third kappa shape index (κ3) is 2.54. The van der Waals surface area contributed by atoms with Crippen molar-refractivity contribution in [2.24, 2.45) is 5.92 Å². The Morgan fingerprint density at radius 1 is 1.45 bits per heavy atom. The van der Waals surface area contributed by atoms with Crippen LogP contribution in [0.2, 0.25) is 5.02 Å². The third-order valence-corrected chi connectivity index (χ3v) is 4.57. The van der Waals surface area contributed by atoms with Crippen LogP contribution in [0.4, 0.5) is 0 Å². The molecule has 1 aliphatic heterocycles. The summed E-state index contributed by atoms with van der Waals surface area (Å²) in [5.74, 6) is 2.11. The molecule has 0 bridgehead atoms. The molecule has 108 valence electrons. The maximum absolute atomic E-state index is 6.25. The average molecular weight is 313 g/mol. The summed E-state index contributed by atoms with van der Waals surface area (Å²) in [7, 11) is 0. The molecule has 0 aliphatic carbocycles. The summed E-state index contributed by atoms with van der Waals surface area (Å²) in [6.07, 6.45) is 2.16. The zero-order chi connectivity index (χ0) is 14.1. The smallest absolute Gasteiger partial charge is 0.111 e. The normalized spacial score (nSPS) is 22.8. The van der Waals surface area contributed by atoms with Gasteiger partial charge in [0.25, 0.3) is 0 Å².